The van der Waals surface area contributed by atoms with Gasteiger partial charge in [0.05, 0.1) is 11.4 Å². The normalized spacial score (nSPS) is 20.0. The Bertz CT molecular complexity index is 1770. The number of imide groups is 1. The van der Waals surface area contributed by atoms with E-state index in [1.807, 2.05) is 19.2 Å². The molecule has 4 aromatic heterocycles. The van der Waals surface area contributed by atoms with E-state index in [-0.39, 0.29) is 48.8 Å². The maximum atomic E-state index is 12.9. The summed E-state index contributed by atoms with van der Waals surface area (Å²) in [5.41, 5.74) is 2.68. The number of carbonyl (C=O) groups excluding carboxylic acids is 3. The first kappa shape index (κ1) is 25.9. The summed E-state index contributed by atoms with van der Waals surface area (Å²) >= 11 is 0. The number of urea groups is 1. The van der Waals surface area contributed by atoms with Crippen LogP contribution in [-0.4, -0.2) is 75.6 Å². The molecule has 1 saturated heterocycles. The van der Waals surface area contributed by atoms with Crippen LogP contribution in [0.5, 0.6) is 6.01 Å². The predicted octanol–water partition coefficient (Wildman–Crippen LogP) is 1.92. The highest BCUT2D eigenvalue weighted by Gasteiger charge is 2.46. The topological polar surface area (TPSA) is 174 Å². The maximum absolute atomic E-state index is 12.9. The minimum Gasteiger partial charge on any atom is -0.457 e. The monoisotopic (exact) mass is 569 g/mol. The van der Waals surface area contributed by atoms with Crippen molar-refractivity contribution in [3.63, 3.8) is 0 Å². The zero-order valence-corrected chi connectivity index (χ0v) is 23.2. The number of amides is 4. The molecule has 42 heavy (non-hydrogen) atoms. The zero-order chi connectivity index (χ0) is 29.1. The molecule has 3 fully saturated rings. The fourth-order valence-electron chi connectivity index (χ4n) is 4.98. The molecular weight excluding hydrogens is 542 g/mol. The SMILES string of the molecule is Cc1ccnc(C2CC2C(=O)Nc2nc(C)nc(OCc3cn4cc(C5CC5)nc(N5CC(=O)N(C)C5=O)c4n3)n2)n1. The van der Waals surface area contributed by atoms with E-state index in [0.717, 1.165) is 29.1 Å². The van der Waals surface area contributed by atoms with Crippen LogP contribution < -0.4 is 15.0 Å². The molecule has 4 aromatic rings. The molecule has 2 saturated carbocycles. The van der Waals surface area contributed by atoms with Crippen molar-refractivity contribution >= 4 is 35.3 Å². The Labute approximate surface area is 239 Å². The third-order valence-electron chi connectivity index (χ3n) is 7.51. The quantitative estimate of drug-likeness (QED) is 0.307. The average Bonchev–Trinajstić information content (AvgIpc) is 3.88. The number of hydrogen-bond donors (Lipinski definition) is 1. The highest BCUT2D eigenvalue weighted by atomic mass is 16.5. The minimum atomic E-state index is -0.442. The van der Waals surface area contributed by atoms with E-state index < -0.39 is 6.03 Å². The van der Waals surface area contributed by atoms with Gasteiger partial charge in [0.2, 0.25) is 11.9 Å². The summed E-state index contributed by atoms with van der Waals surface area (Å²) in [4.78, 5) is 71.0. The number of likely N-dealkylation sites (N-methyl/N-ethyl adjacent to an activating group) is 1. The van der Waals surface area contributed by atoms with Crippen LogP contribution in [0.2, 0.25) is 0 Å². The first-order valence-corrected chi connectivity index (χ1v) is 13.7. The second-order valence-electron chi connectivity index (χ2n) is 10.8. The van der Waals surface area contributed by atoms with Gasteiger partial charge in [0.1, 0.15) is 24.8 Å². The number of ether oxygens (including phenoxy) is 1. The standard InChI is InChI=1S/C27H27N11O4/c1-13-6-7-28-21(29-13)17-8-18(17)24(40)34-25-30-14(2)31-26(35-25)42-12-16-9-37-10-19(15-4-5-15)33-23(22(37)32-16)38-11-20(39)36(3)27(38)41/h6-7,9-10,15,17-18H,4-5,8,11-12H2,1-3H3,(H,30,31,34,35,40). The van der Waals surface area contributed by atoms with Crippen molar-refractivity contribution in [3.05, 3.63) is 53.4 Å². The Morgan fingerprint density at radius 2 is 1.90 bits per heavy atom. The van der Waals surface area contributed by atoms with Crippen molar-refractivity contribution in [2.45, 2.75) is 51.6 Å². The Hall–Kier alpha value is -5.08. The van der Waals surface area contributed by atoms with Crippen molar-refractivity contribution in [1.29, 1.82) is 0 Å². The van der Waals surface area contributed by atoms with Gasteiger partial charge in [-0.2, -0.15) is 15.0 Å². The number of fused-ring (bicyclic) bond motifs is 1. The van der Waals surface area contributed by atoms with Crippen molar-refractivity contribution in [2.24, 2.45) is 5.92 Å². The number of hydrogen-bond acceptors (Lipinski definition) is 11. The van der Waals surface area contributed by atoms with Gasteiger partial charge >= 0.3 is 12.0 Å². The lowest BCUT2D eigenvalue weighted by Crippen LogP contribution is -2.31. The molecular formula is C27H27N11O4. The molecule has 1 aliphatic heterocycles. The van der Waals surface area contributed by atoms with Crippen molar-refractivity contribution in [1.82, 2.24) is 44.2 Å². The van der Waals surface area contributed by atoms with Crippen LogP contribution in [0, 0.1) is 19.8 Å². The molecule has 214 valence electrons. The fourth-order valence-corrected chi connectivity index (χ4v) is 4.98. The van der Waals surface area contributed by atoms with Crippen LogP contribution in [-0.2, 0) is 16.2 Å². The summed E-state index contributed by atoms with van der Waals surface area (Å²) < 4.78 is 7.65. The molecule has 0 spiro atoms. The predicted molar refractivity (Wildman–Crippen MR) is 146 cm³/mol. The first-order valence-electron chi connectivity index (χ1n) is 13.7. The van der Waals surface area contributed by atoms with Gasteiger partial charge in [0.25, 0.3) is 5.91 Å². The molecule has 3 aliphatic rings. The van der Waals surface area contributed by atoms with Gasteiger partial charge in [-0.1, -0.05) is 0 Å². The summed E-state index contributed by atoms with van der Waals surface area (Å²) in [6.45, 7) is 3.49. The number of nitrogens with zero attached hydrogens (tertiary/aromatic N) is 10. The van der Waals surface area contributed by atoms with Gasteiger partial charge in [-0.25, -0.2) is 24.7 Å². The van der Waals surface area contributed by atoms with Gasteiger partial charge in [-0.05, 0) is 39.2 Å². The van der Waals surface area contributed by atoms with Crippen LogP contribution in [0.1, 0.15) is 59.8 Å². The maximum Gasteiger partial charge on any atom is 0.332 e. The van der Waals surface area contributed by atoms with Crippen molar-refractivity contribution in [3.8, 4) is 6.01 Å². The van der Waals surface area contributed by atoms with E-state index in [1.54, 1.807) is 23.7 Å². The van der Waals surface area contributed by atoms with Crippen molar-refractivity contribution < 1.29 is 19.1 Å². The molecule has 5 heterocycles. The van der Waals surface area contributed by atoms with Crippen LogP contribution in [0.15, 0.2) is 24.7 Å². The largest absolute Gasteiger partial charge is 0.457 e. The smallest absolute Gasteiger partial charge is 0.332 e. The van der Waals surface area contributed by atoms with E-state index in [1.165, 1.54) is 11.9 Å². The summed E-state index contributed by atoms with van der Waals surface area (Å²) in [5, 5.41) is 2.76. The Kier molecular flexibility index (Phi) is 6.02. The molecule has 4 amide bonds. The first-order chi connectivity index (χ1) is 20.2. The summed E-state index contributed by atoms with van der Waals surface area (Å²) in [6.07, 6.45) is 8.08. The Balaban J connectivity index is 1.07. The number of imidazole rings is 1. The lowest BCUT2D eigenvalue weighted by Gasteiger charge is -2.15. The average molecular weight is 570 g/mol. The lowest BCUT2D eigenvalue weighted by atomic mass is 10.2. The molecule has 2 atom stereocenters. The number of rotatable bonds is 8. The highest BCUT2D eigenvalue weighted by Crippen LogP contribution is 2.46. The van der Waals surface area contributed by atoms with Gasteiger partial charge < -0.3 is 9.14 Å². The fraction of sp³-hybridized carbons (Fsp3) is 0.407. The second-order valence-corrected chi connectivity index (χ2v) is 10.8. The van der Waals surface area contributed by atoms with Crippen LogP contribution in [0.4, 0.5) is 16.6 Å². The van der Waals surface area contributed by atoms with E-state index >= 15 is 0 Å². The van der Waals surface area contributed by atoms with Crippen LogP contribution >= 0.6 is 0 Å². The van der Waals surface area contributed by atoms with Gasteiger partial charge in [0, 0.05) is 49.1 Å². The van der Waals surface area contributed by atoms with Crippen LogP contribution in [0.25, 0.3) is 5.65 Å². The van der Waals surface area contributed by atoms with Gasteiger partial charge in [-0.3, -0.25) is 24.7 Å². The molecule has 7 rings (SSSR count). The Morgan fingerprint density at radius 1 is 1.07 bits per heavy atom. The minimum absolute atomic E-state index is 0.0128. The zero-order valence-electron chi connectivity index (χ0n) is 23.2. The summed E-state index contributed by atoms with van der Waals surface area (Å²) in [6, 6.07) is 1.41. The lowest BCUT2D eigenvalue weighted by molar-refractivity contribution is -0.124. The van der Waals surface area contributed by atoms with Crippen LogP contribution in [0.3, 0.4) is 0 Å². The molecule has 1 N–H and O–H groups in total. The third-order valence-corrected chi connectivity index (χ3v) is 7.51. The van der Waals surface area contributed by atoms with E-state index in [0.29, 0.717) is 41.1 Å². The number of anilines is 2. The number of carbonyl (C=O) groups is 3. The highest BCUT2D eigenvalue weighted by molar-refractivity contribution is 6.12. The molecule has 2 aliphatic carbocycles. The summed E-state index contributed by atoms with van der Waals surface area (Å²) in [7, 11) is 1.45. The number of nitrogens with one attached hydrogen (secondary N) is 1. The second kappa shape index (κ2) is 9.78. The molecule has 15 heteroatoms. The number of aromatic nitrogens is 8. The molecule has 15 nitrogen and oxygen atoms in total. The molecule has 0 radical (unpaired) electrons. The number of aryl methyl sites for hydroxylation is 2. The molecule has 0 aromatic carbocycles. The molecule has 0 bridgehead atoms. The van der Waals surface area contributed by atoms with E-state index in [9.17, 15) is 14.4 Å². The van der Waals surface area contributed by atoms with Gasteiger partial charge in [-0.15, -0.1) is 0 Å². The van der Waals surface area contributed by atoms with Crippen molar-refractivity contribution in [2.75, 3.05) is 23.8 Å². The summed E-state index contributed by atoms with van der Waals surface area (Å²) in [5.74, 6) is 0.975. The van der Waals surface area contributed by atoms with E-state index in [2.05, 4.69) is 35.2 Å². The third kappa shape index (κ3) is 4.86. The van der Waals surface area contributed by atoms with Gasteiger partial charge in [0.15, 0.2) is 11.5 Å². The molecule has 2 unspecified atom stereocenters. The Morgan fingerprint density at radius 3 is 2.64 bits per heavy atom. The van der Waals surface area contributed by atoms with E-state index in [4.69, 9.17) is 9.72 Å².